The van der Waals surface area contributed by atoms with E-state index in [1.807, 2.05) is 27.7 Å². The number of nitrogens with zero attached hydrogens (tertiary/aromatic N) is 1. The molecule has 0 aromatic carbocycles. The van der Waals surface area contributed by atoms with E-state index < -0.39 is 47.9 Å². The summed E-state index contributed by atoms with van der Waals surface area (Å²) in [6.07, 6.45) is 3.97. The van der Waals surface area contributed by atoms with E-state index in [4.69, 9.17) is 5.73 Å². The number of carbonyl (C=O) groups excluding carboxylic acids is 3. The molecule has 0 saturated carbocycles. The lowest BCUT2D eigenvalue weighted by atomic mass is 9.97. The molecule has 3 amide bonds. The number of aromatic nitrogens is 2. The predicted molar refractivity (Wildman–Crippen MR) is 118 cm³/mol. The molecule has 180 valence electrons. The van der Waals surface area contributed by atoms with Crippen LogP contribution in [0.2, 0.25) is 0 Å². The van der Waals surface area contributed by atoms with Crippen LogP contribution in [0.5, 0.6) is 0 Å². The molecule has 5 atom stereocenters. The van der Waals surface area contributed by atoms with Gasteiger partial charge in [0.1, 0.15) is 18.1 Å². The molecule has 32 heavy (non-hydrogen) atoms. The number of carboxylic acids is 1. The first kappa shape index (κ1) is 27.1. The summed E-state index contributed by atoms with van der Waals surface area (Å²) in [6.45, 7) is 9.04. The molecule has 7 N–H and O–H groups in total. The highest BCUT2D eigenvalue weighted by molar-refractivity contribution is 5.94. The molecule has 1 rings (SSSR count). The highest BCUT2D eigenvalue weighted by Crippen LogP contribution is 2.09. The predicted octanol–water partition coefficient (Wildman–Crippen LogP) is -0.0694. The smallest absolute Gasteiger partial charge is 0.326 e. The fraction of sp³-hybridized carbons (Fsp3) is 0.667. The van der Waals surface area contributed by atoms with Crippen LogP contribution in [0.1, 0.15) is 53.2 Å². The number of H-pyrrole nitrogens is 1. The zero-order valence-corrected chi connectivity index (χ0v) is 19.3. The molecule has 1 aromatic rings. The van der Waals surface area contributed by atoms with Gasteiger partial charge in [0, 0.05) is 18.3 Å². The SMILES string of the molecule is CCC(C)C(N)C(=O)NC(CC(C)C)C(=O)NC(C)C(=O)NC(Cc1cnc[nH]1)C(=O)O. The van der Waals surface area contributed by atoms with Crippen molar-refractivity contribution in [3.05, 3.63) is 18.2 Å². The molecule has 0 aliphatic heterocycles. The number of carboxylic acid groups (broad SMARTS) is 1. The average molecular weight is 453 g/mol. The van der Waals surface area contributed by atoms with Crippen LogP contribution in [0.25, 0.3) is 0 Å². The normalized spacial score (nSPS) is 15.8. The molecular weight excluding hydrogens is 416 g/mol. The van der Waals surface area contributed by atoms with Gasteiger partial charge in [0.15, 0.2) is 0 Å². The van der Waals surface area contributed by atoms with Crippen LogP contribution in [0.3, 0.4) is 0 Å². The molecule has 1 heterocycles. The van der Waals surface area contributed by atoms with Crippen molar-refractivity contribution in [2.75, 3.05) is 0 Å². The lowest BCUT2D eigenvalue weighted by Gasteiger charge is -2.25. The Balaban J connectivity index is 2.77. The molecule has 0 bridgehead atoms. The highest BCUT2D eigenvalue weighted by Gasteiger charge is 2.29. The third-order valence-corrected chi connectivity index (χ3v) is 5.25. The lowest BCUT2D eigenvalue weighted by Crippen LogP contribution is -2.57. The fourth-order valence-corrected chi connectivity index (χ4v) is 2.98. The fourth-order valence-electron chi connectivity index (χ4n) is 2.98. The van der Waals surface area contributed by atoms with Crippen LogP contribution in [-0.2, 0) is 25.6 Å². The number of hydrogen-bond acceptors (Lipinski definition) is 6. The van der Waals surface area contributed by atoms with Gasteiger partial charge >= 0.3 is 5.97 Å². The summed E-state index contributed by atoms with van der Waals surface area (Å²) in [7, 11) is 0. The first-order chi connectivity index (χ1) is 15.0. The standard InChI is InChI=1S/C21H36N6O5/c1-6-12(4)17(22)20(30)26-15(7-11(2)3)19(29)25-13(5)18(28)27-16(21(31)32)8-14-9-23-10-24-14/h9-13,15-17H,6-8,22H2,1-5H3,(H,23,24)(H,25,29)(H,26,30)(H,27,28)(H,31,32). The Bertz CT molecular complexity index is 767. The molecule has 0 spiro atoms. The van der Waals surface area contributed by atoms with Crippen LogP contribution in [0.4, 0.5) is 0 Å². The second kappa shape index (κ2) is 12.8. The van der Waals surface area contributed by atoms with Crippen molar-refractivity contribution >= 4 is 23.7 Å². The van der Waals surface area contributed by atoms with E-state index in [-0.39, 0.29) is 18.3 Å². The van der Waals surface area contributed by atoms with Gasteiger partial charge in [-0.15, -0.1) is 0 Å². The third-order valence-electron chi connectivity index (χ3n) is 5.25. The number of nitrogens with two attached hydrogens (primary N) is 1. The number of aromatic amines is 1. The molecular formula is C21H36N6O5. The summed E-state index contributed by atoms with van der Waals surface area (Å²) in [5.74, 6) is -2.79. The van der Waals surface area contributed by atoms with Crippen molar-refractivity contribution in [2.45, 2.75) is 78.0 Å². The lowest BCUT2D eigenvalue weighted by molar-refractivity contribution is -0.142. The Morgan fingerprint density at radius 3 is 2.16 bits per heavy atom. The minimum Gasteiger partial charge on any atom is -0.480 e. The van der Waals surface area contributed by atoms with Crippen molar-refractivity contribution in [1.29, 1.82) is 0 Å². The van der Waals surface area contributed by atoms with Gasteiger partial charge in [-0.1, -0.05) is 34.1 Å². The largest absolute Gasteiger partial charge is 0.480 e. The topological polar surface area (TPSA) is 179 Å². The van der Waals surface area contributed by atoms with E-state index in [0.717, 1.165) is 6.42 Å². The van der Waals surface area contributed by atoms with Crippen molar-refractivity contribution < 1.29 is 24.3 Å². The first-order valence-electron chi connectivity index (χ1n) is 10.8. The Morgan fingerprint density at radius 2 is 1.66 bits per heavy atom. The average Bonchev–Trinajstić information content (AvgIpc) is 3.23. The minimum absolute atomic E-state index is 0.0152. The maximum atomic E-state index is 12.8. The van der Waals surface area contributed by atoms with Crippen LogP contribution in [-0.4, -0.2) is 62.9 Å². The van der Waals surface area contributed by atoms with Crippen LogP contribution >= 0.6 is 0 Å². The monoisotopic (exact) mass is 452 g/mol. The summed E-state index contributed by atoms with van der Waals surface area (Å²) in [6, 6.07) is -3.82. The third kappa shape index (κ3) is 8.66. The van der Waals surface area contributed by atoms with E-state index in [9.17, 15) is 24.3 Å². The van der Waals surface area contributed by atoms with Crippen molar-refractivity contribution in [3.63, 3.8) is 0 Å². The van der Waals surface area contributed by atoms with E-state index in [1.54, 1.807) is 0 Å². The van der Waals surface area contributed by atoms with Gasteiger partial charge in [0.25, 0.3) is 0 Å². The summed E-state index contributed by atoms with van der Waals surface area (Å²) in [5.41, 5.74) is 6.52. The highest BCUT2D eigenvalue weighted by atomic mass is 16.4. The van der Waals surface area contributed by atoms with Gasteiger partial charge in [-0.05, 0) is 25.2 Å². The van der Waals surface area contributed by atoms with Gasteiger partial charge in [-0.2, -0.15) is 0 Å². The number of imidazole rings is 1. The number of rotatable bonds is 13. The number of aliphatic carboxylic acids is 1. The Hall–Kier alpha value is -2.95. The number of hydrogen-bond donors (Lipinski definition) is 6. The van der Waals surface area contributed by atoms with Gasteiger partial charge in [-0.25, -0.2) is 9.78 Å². The van der Waals surface area contributed by atoms with E-state index in [1.165, 1.54) is 19.4 Å². The molecule has 0 saturated heterocycles. The van der Waals surface area contributed by atoms with Gasteiger partial charge in [0.05, 0.1) is 12.4 Å². The molecule has 11 nitrogen and oxygen atoms in total. The Labute approximate surface area is 188 Å². The Morgan fingerprint density at radius 1 is 1.03 bits per heavy atom. The molecule has 0 aliphatic rings. The maximum Gasteiger partial charge on any atom is 0.326 e. The van der Waals surface area contributed by atoms with Crippen LogP contribution < -0.4 is 21.7 Å². The Kier molecular flexibility index (Phi) is 10.8. The van der Waals surface area contributed by atoms with Crippen LogP contribution in [0.15, 0.2) is 12.5 Å². The van der Waals surface area contributed by atoms with Crippen molar-refractivity contribution in [1.82, 2.24) is 25.9 Å². The van der Waals surface area contributed by atoms with Crippen molar-refractivity contribution in [3.8, 4) is 0 Å². The second-order valence-electron chi connectivity index (χ2n) is 8.51. The van der Waals surface area contributed by atoms with Gasteiger partial charge < -0.3 is 31.8 Å². The summed E-state index contributed by atoms with van der Waals surface area (Å²) in [5, 5.41) is 17.0. The molecule has 0 aliphatic carbocycles. The molecule has 11 heteroatoms. The quantitative estimate of drug-likeness (QED) is 0.242. The second-order valence-corrected chi connectivity index (χ2v) is 8.51. The number of amides is 3. The van der Waals surface area contributed by atoms with Gasteiger partial charge in [0.2, 0.25) is 17.7 Å². The first-order valence-corrected chi connectivity index (χ1v) is 10.8. The van der Waals surface area contributed by atoms with Crippen molar-refractivity contribution in [2.24, 2.45) is 17.6 Å². The minimum atomic E-state index is -1.21. The molecule has 5 unspecified atom stereocenters. The molecule has 0 fully saturated rings. The van der Waals surface area contributed by atoms with E-state index >= 15 is 0 Å². The van der Waals surface area contributed by atoms with Crippen LogP contribution in [0, 0.1) is 11.8 Å². The van der Waals surface area contributed by atoms with Gasteiger partial charge in [-0.3, -0.25) is 14.4 Å². The van der Waals surface area contributed by atoms with E-state index in [2.05, 4.69) is 25.9 Å². The number of nitrogens with one attached hydrogen (secondary N) is 4. The molecule has 0 radical (unpaired) electrons. The zero-order chi connectivity index (χ0) is 24.4. The summed E-state index contributed by atoms with van der Waals surface area (Å²) < 4.78 is 0. The van der Waals surface area contributed by atoms with E-state index in [0.29, 0.717) is 12.1 Å². The number of carbonyl (C=O) groups is 4. The summed E-state index contributed by atoms with van der Waals surface area (Å²) >= 11 is 0. The summed E-state index contributed by atoms with van der Waals surface area (Å²) in [4.78, 5) is 55.9. The zero-order valence-electron chi connectivity index (χ0n) is 19.3. The maximum absolute atomic E-state index is 12.8. The molecule has 1 aromatic heterocycles.